The van der Waals surface area contributed by atoms with E-state index in [-0.39, 0.29) is 12.1 Å². The third kappa shape index (κ3) is 2.95. The molecule has 0 bridgehead atoms. The molecule has 1 saturated carbocycles. The maximum atomic E-state index is 6.10. The Morgan fingerprint density at radius 3 is 2.81 bits per heavy atom. The van der Waals surface area contributed by atoms with Crippen molar-refractivity contribution in [3.63, 3.8) is 0 Å². The number of hydrogen-bond acceptors (Lipinski definition) is 3. The van der Waals surface area contributed by atoms with Crippen LogP contribution in [0.4, 0.5) is 0 Å². The van der Waals surface area contributed by atoms with Crippen molar-refractivity contribution in [3.05, 3.63) is 23.9 Å². The molecule has 3 heteroatoms. The van der Waals surface area contributed by atoms with Crippen LogP contribution in [0, 0.1) is 6.92 Å². The largest absolute Gasteiger partial charge is 0.473 e. The fraction of sp³-hybridized carbons (Fsp3) is 0.615. The van der Waals surface area contributed by atoms with Gasteiger partial charge in [0.15, 0.2) is 0 Å². The third-order valence-electron chi connectivity index (χ3n) is 3.16. The van der Waals surface area contributed by atoms with Gasteiger partial charge in [-0.25, -0.2) is 4.98 Å². The van der Waals surface area contributed by atoms with E-state index >= 15 is 0 Å². The quantitative estimate of drug-likeness (QED) is 0.779. The second-order valence-corrected chi connectivity index (χ2v) is 4.63. The van der Waals surface area contributed by atoms with Gasteiger partial charge in [0.05, 0.1) is 0 Å². The van der Waals surface area contributed by atoms with Crippen LogP contribution in [0.5, 0.6) is 5.88 Å². The SMILES string of the molecule is Cc1ccc(OC2CCCCCC2N)nc1. The molecule has 16 heavy (non-hydrogen) atoms. The predicted octanol–water partition coefficient (Wildman–Crippen LogP) is 2.43. The lowest BCUT2D eigenvalue weighted by molar-refractivity contribution is 0.156. The van der Waals surface area contributed by atoms with E-state index < -0.39 is 0 Å². The van der Waals surface area contributed by atoms with Crippen molar-refractivity contribution in [2.75, 3.05) is 0 Å². The number of rotatable bonds is 2. The summed E-state index contributed by atoms with van der Waals surface area (Å²) in [5, 5.41) is 0. The van der Waals surface area contributed by atoms with E-state index in [1.165, 1.54) is 19.3 Å². The number of hydrogen-bond donors (Lipinski definition) is 1. The summed E-state index contributed by atoms with van der Waals surface area (Å²) in [6.45, 7) is 2.02. The lowest BCUT2D eigenvalue weighted by atomic mass is 10.1. The molecule has 1 aromatic heterocycles. The molecule has 2 unspecified atom stereocenters. The van der Waals surface area contributed by atoms with Crippen molar-refractivity contribution < 1.29 is 4.74 Å². The molecule has 0 saturated heterocycles. The highest BCUT2D eigenvalue weighted by atomic mass is 16.5. The van der Waals surface area contributed by atoms with E-state index in [1.54, 1.807) is 0 Å². The van der Waals surface area contributed by atoms with Crippen LogP contribution >= 0.6 is 0 Å². The Bertz CT molecular complexity index is 323. The molecule has 0 spiro atoms. The van der Waals surface area contributed by atoms with Crippen LogP contribution in [0.3, 0.4) is 0 Å². The van der Waals surface area contributed by atoms with E-state index in [1.807, 2.05) is 25.3 Å². The molecule has 0 amide bonds. The average Bonchev–Trinajstić information content (AvgIpc) is 2.48. The summed E-state index contributed by atoms with van der Waals surface area (Å²) >= 11 is 0. The zero-order valence-corrected chi connectivity index (χ0v) is 9.86. The lowest BCUT2D eigenvalue weighted by Gasteiger charge is -2.22. The zero-order chi connectivity index (χ0) is 11.4. The maximum Gasteiger partial charge on any atom is 0.213 e. The molecule has 3 nitrogen and oxygen atoms in total. The fourth-order valence-corrected chi connectivity index (χ4v) is 2.13. The minimum Gasteiger partial charge on any atom is -0.473 e. The Labute approximate surface area is 97.0 Å². The first-order valence-electron chi connectivity index (χ1n) is 6.10. The number of pyridine rings is 1. The Kier molecular flexibility index (Phi) is 3.78. The van der Waals surface area contributed by atoms with Gasteiger partial charge in [-0.1, -0.05) is 18.9 Å². The molecule has 1 aliphatic carbocycles. The Morgan fingerprint density at radius 1 is 1.25 bits per heavy atom. The van der Waals surface area contributed by atoms with Crippen molar-refractivity contribution in [1.29, 1.82) is 0 Å². The van der Waals surface area contributed by atoms with Gasteiger partial charge in [-0.3, -0.25) is 0 Å². The zero-order valence-electron chi connectivity index (χ0n) is 9.86. The van der Waals surface area contributed by atoms with Gasteiger partial charge >= 0.3 is 0 Å². The van der Waals surface area contributed by atoms with Crippen molar-refractivity contribution in [2.24, 2.45) is 5.73 Å². The van der Waals surface area contributed by atoms with Crippen LogP contribution in [0.2, 0.25) is 0 Å². The summed E-state index contributed by atoms with van der Waals surface area (Å²) in [7, 11) is 0. The van der Waals surface area contributed by atoms with Crippen LogP contribution in [-0.4, -0.2) is 17.1 Å². The average molecular weight is 220 g/mol. The van der Waals surface area contributed by atoms with Crippen LogP contribution in [0.25, 0.3) is 0 Å². The monoisotopic (exact) mass is 220 g/mol. The first kappa shape index (κ1) is 11.4. The summed E-state index contributed by atoms with van der Waals surface area (Å²) < 4.78 is 5.87. The summed E-state index contributed by atoms with van der Waals surface area (Å²) in [5.74, 6) is 0.702. The molecule has 88 valence electrons. The molecular formula is C13H20N2O. The first-order chi connectivity index (χ1) is 7.75. The molecule has 0 aliphatic heterocycles. The van der Waals surface area contributed by atoms with Crippen molar-refractivity contribution >= 4 is 0 Å². The summed E-state index contributed by atoms with van der Waals surface area (Å²) in [6.07, 6.45) is 7.80. The molecule has 2 rings (SSSR count). The summed E-state index contributed by atoms with van der Waals surface area (Å²) in [4.78, 5) is 4.26. The van der Waals surface area contributed by atoms with Gasteiger partial charge < -0.3 is 10.5 Å². The molecule has 1 aliphatic rings. The number of aryl methyl sites for hydroxylation is 1. The molecule has 1 aromatic rings. The highest BCUT2D eigenvalue weighted by molar-refractivity contribution is 5.16. The number of aromatic nitrogens is 1. The number of nitrogens with two attached hydrogens (primary N) is 1. The highest BCUT2D eigenvalue weighted by Crippen LogP contribution is 2.21. The van der Waals surface area contributed by atoms with E-state index in [0.717, 1.165) is 18.4 Å². The fourth-order valence-electron chi connectivity index (χ4n) is 2.13. The van der Waals surface area contributed by atoms with E-state index in [4.69, 9.17) is 10.5 Å². The highest BCUT2D eigenvalue weighted by Gasteiger charge is 2.22. The summed E-state index contributed by atoms with van der Waals surface area (Å²) in [5.41, 5.74) is 7.25. The molecule has 0 radical (unpaired) electrons. The van der Waals surface area contributed by atoms with E-state index in [2.05, 4.69) is 4.98 Å². The van der Waals surface area contributed by atoms with Gasteiger partial charge in [0.25, 0.3) is 0 Å². The van der Waals surface area contributed by atoms with Gasteiger partial charge in [0, 0.05) is 18.3 Å². The smallest absolute Gasteiger partial charge is 0.213 e. The topological polar surface area (TPSA) is 48.1 Å². The van der Waals surface area contributed by atoms with Gasteiger partial charge in [0.1, 0.15) is 6.10 Å². The minimum absolute atomic E-state index is 0.137. The van der Waals surface area contributed by atoms with Crippen molar-refractivity contribution in [1.82, 2.24) is 4.98 Å². The standard InChI is InChI=1S/C13H20N2O/c1-10-7-8-13(15-9-10)16-12-6-4-2-3-5-11(12)14/h7-9,11-12H,2-6,14H2,1H3. The first-order valence-corrected chi connectivity index (χ1v) is 6.10. The number of nitrogens with zero attached hydrogens (tertiary/aromatic N) is 1. The Morgan fingerprint density at radius 2 is 2.06 bits per heavy atom. The number of ether oxygens (including phenoxy) is 1. The van der Waals surface area contributed by atoms with Crippen LogP contribution < -0.4 is 10.5 Å². The van der Waals surface area contributed by atoms with Crippen molar-refractivity contribution in [3.8, 4) is 5.88 Å². The molecule has 1 heterocycles. The van der Waals surface area contributed by atoms with Crippen LogP contribution in [0.15, 0.2) is 18.3 Å². The second-order valence-electron chi connectivity index (χ2n) is 4.63. The van der Waals surface area contributed by atoms with Crippen LogP contribution in [-0.2, 0) is 0 Å². The summed E-state index contributed by atoms with van der Waals surface area (Å²) in [6, 6.07) is 4.10. The molecule has 0 aromatic carbocycles. The normalized spacial score (nSPS) is 26.1. The van der Waals surface area contributed by atoms with E-state index in [0.29, 0.717) is 5.88 Å². The Balaban J connectivity index is 1.99. The van der Waals surface area contributed by atoms with Gasteiger partial charge in [-0.15, -0.1) is 0 Å². The maximum absolute atomic E-state index is 6.10. The van der Waals surface area contributed by atoms with Gasteiger partial charge in [0.2, 0.25) is 5.88 Å². The molecule has 2 N–H and O–H groups in total. The second kappa shape index (κ2) is 5.30. The molecule has 1 fully saturated rings. The third-order valence-corrected chi connectivity index (χ3v) is 3.16. The van der Waals surface area contributed by atoms with Crippen molar-refractivity contribution in [2.45, 2.75) is 51.2 Å². The van der Waals surface area contributed by atoms with E-state index in [9.17, 15) is 0 Å². The predicted molar refractivity (Wildman–Crippen MR) is 64.5 cm³/mol. The van der Waals surface area contributed by atoms with Gasteiger partial charge in [-0.05, 0) is 31.7 Å². The van der Waals surface area contributed by atoms with Gasteiger partial charge in [-0.2, -0.15) is 0 Å². The molecule has 2 atom stereocenters. The van der Waals surface area contributed by atoms with Crippen LogP contribution in [0.1, 0.15) is 37.7 Å². The molecular weight excluding hydrogens is 200 g/mol. The Hall–Kier alpha value is -1.09. The minimum atomic E-state index is 0.137. The lowest BCUT2D eigenvalue weighted by Crippen LogP contribution is -2.38.